The molecule has 0 spiro atoms. The third-order valence-corrected chi connectivity index (χ3v) is 3.73. The van der Waals surface area contributed by atoms with Crippen molar-refractivity contribution in [3.63, 3.8) is 0 Å². The van der Waals surface area contributed by atoms with Gasteiger partial charge in [0.2, 0.25) is 0 Å². The van der Waals surface area contributed by atoms with Crippen molar-refractivity contribution >= 4 is 11.9 Å². The number of carboxylic acid groups (broad SMARTS) is 1. The molecule has 0 radical (unpaired) electrons. The van der Waals surface area contributed by atoms with Crippen molar-refractivity contribution in [3.05, 3.63) is 0 Å². The molecule has 0 aliphatic heterocycles. The zero-order valence-electron chi connectivity index (χ0n) is 13.9. The Labute approximate surface area is 122 Å². The molecule has 0 aliphatic rings. The van der Waals surface area contributed by atoms with Crippen LogP contribution >= 0.6 is 0 Å². The third kappa shape index (κ3) is 5.93. The van der Waals surface area contributed by atoms with Gasteiger partial charge in [-0.1, -0.05) is 48.5 Å². The van der Waals surface area contributed by atoms with Gasteiger partial charge in [0.05, 0.1) is 11.8 Å². The summed E-state index contributed by atoms with van der Waals surface area (Å²) in [7, 11) is 0. The monoisotopic (exact) mass is 286 g/mol. The summed E-state index contributed by atoms with van der Waals surface area (Å²) in [6, 6.07) is 0. The van der Waals surface area contributed by atoms with Gasteiger partial charge in [0, 0.05) is 5.41 Å². The van der Waals surface area contributed by atoms with Gasteiger partial charge in [-0.3, -0.25) is 9.59 Å². The average Bonchev–Trinajstić information content (AvgIpc) is 2.31. The fraction of sp³-hybridized carbons (Fsp3) is 0.875. The van der Waals surface area contributed by atoms with Gasteiger partial charge >= 0.3 is 11.9 Å². The van der Waals surface area contributed by atoms with Crippen LogP contribution in [0.5, 0.6) is 0 Å². The van der Waals surface area contributed by atoms with Crippen LogP contribution in [0.4, 0.5) is 0 Å². The largest absolute Gasteiger partial charge is 0.481 e. The van der Waals surface area contributed by atoms with Crippen LogP contribution in [0.2, 0.25) is 0 Å². The first-order chi connectivity index (χ1) is 8.99. The maximum Gasteiger partial charge on any atom is 0.308 e. The van der Waals surface area contributed by atoms with E-state index in [1.54, 1.807) is 6.92 Å². The molecular formula is C16H30O4. The minimum absolute atomic E-state index is 0.148. The number of aliphatic carboxylic acids is 1. The fourth-order valence-electron chi connectivity index (χ4n) is 2.31. The number of rotatable bonds is 8. The first kappa shape index (κ1) is 18.9. The quantitative estimate of drug-likeness (QED) is 0.690. The Bertz CT molecular complexity index is 331. The second kappa shape index (κ2) is 7.65. The number of carbonyl (C=O) groups excluding carboxylic acids is 1. The smallest absolute Gasteiger partial charge is 0.308 e. The lowest BCUT2D eigenvalue weighted by molar-refractivity contribution is -0.163. The minimum atomic E-state index is -0.777. The highest BCUT2D eigenvalue weighted by molar-refractivity contribution is 5.71. The SMILES string of the molecule is CC(C)C(=O)OC(C(C)C)C(C)(C)CCC(C)C(=O)O. The number of esters is 1. The molecule has 0 aromatic heterocycles. The van der Waals surface area contributed by atoms with Crippen molar-refractivity contribution in [1.29, 1.82) is 0 Å². The van der Waals surface area contributed by atoms with Crippen molar-refractivity contribution in [2.75, 3.05) is 0 Å². The summed E-state index contributed by atoms with van der Waals surface area (Å²) in [5.74, 6) is -1.29. The molecule has 0 heterocycles. The lowest BCUT2D eigenvalue weighted by atomic mass is 9.76. The fourth-order valence-corrected chi connectivity index (χ4v) is 2.31. The van der Waals surface area contributed by atoms with Gasteiger partial charge in [-0.25, -0.2) is 0 Å². The second-order valence-corrected chi connectivity index (χ2v) is 7.02. The molecule has 4 heteroatoms. The summed E-state index contributed by atoms with van der Waals surface area (Å²) >= 11 is 0. The van der Waals surface area contributed by atoms with E-state index in [0.717, 1.165) is 0 Å². The van der Waals surface area contributed by atoms with Crippen molar-refractivity contribution in [1.82, 2.24) is 0 Å². The Morgan fingerprint density at radius 2 is 1.60 bits per heavy atom. The predicted molar refractivity (Wildman–Crippen MR) is 79.4 cm³/mol. The Kier molecular flexibility index (Phi) is 7.25. The Morgan fingerprint density at radius 1 is 1.10 bits per heavy atom. The normalized spacial score (nSPS) is 15.2. The maximum atomic E-state index is 11.8. The van der Waals surface area contributed by atoms with Crippen molar-refractivity contribution in [2.24, 2.45) is 23.2 Å². The number of hydrogen-bond donors (Lipinski definition) is 1. The van der Waals surface area contributed by atoms with Gasteiger partial charge in [-0.2, -0.15) is 0 Å². The lowest BCUT2D eigenvalue weighted by Crippen LogP contribution is -2.39. The number of carbonyl (C=O) groups is 2. The summed E-state index contributed by atoms with van der Waals surface area (Å²) in [5, 5.41) is 8.96. The van der Waals surface area contributed by atoms with E-state index in [-0.39, 0.29) is 35.2 Å². The third-order valence-electron chi connectivity index (χ3n) is 3.73. The van der Waals surface area contributed by atoms with Crippen LogP contribution in [0.1, 0.15) is 61.3 Å². The van der Waals surface area contributed by atoms with Gasteiger partial charge in [0.25, 0.3) is 0 Å². The van der Waals surface area contributed by atoms with Gasteiger partial charge in [-0.15, -0.1) is 0 Å². The molecule has 2 atom stereocenters. The predicted octanol–water partition coefficient (Wildman–Crippen LogP) is 3.74. The van der Waals surface area contributed by atoms with Gasteiger partial charge in [-0.05, 0) is 18.8 Å². The molecule has 0 rings (SSSR count). The van der Waals surface area contributed by atoms with E-state index in [9.17, 15) is 9.59 Å². The molecule has 20 heavy (non-hydrogen) atoms. The van der Waals surface area contributed by atoms with Crippen LogP contribution in [0.3, 0.4) is 0 Å². The molecule has 0 fully saturated rings. The van der Waals surface area contributed by atoms with E-state index < -0.39 is 5.97 Å². The first-order valence-corrected chi connectivity index (χ1v) is 7.42. The molecule has 0 saturated carbocycles. The zero-order valence-corrected chi connectivity index (χ0v) is 13.9. The Morgan fingerprint density at radius 3 is 1.95 bits per heavy atom. The van der Waals surface area contributed by atoms with Gasteiger partial charge < -0.3 is 9.84 Å². The zero-order chi connectivity index (χ0) is 16.1. The van der Waals surface area contributed by atoms with E-state index in [4.69, 9.17) is 9.84 Å². The highest BCUT2D eigenvalue weighted by Crippen LogP contribution is 2.35. The molecule has 4 nitrogen and oxygen atoms in total. The summed E-state index contributed by atoms with van der Waals surface area (Å²) in [4.78, 5) is 22.7. The summed E-state index contributed by atoms with van der Waals surface area (Å²) in [6.07, 6.45) is 1.11. The number of ether oxygens (including phenoxy) is 1. The van der Waals surface area contributed by atoms with Crippen LogP contribution < -0.4 is 0 Å². The molecule has 1 N–H and O–H groups in total. The molecule has 0 aliphatic carbocycles. The van der Waals surface area contributed by atoms with Crippen molar-refractivity contribution in [3.8, 4) is 0 Å². The van der Waals surface area contributed by atoms with E-state index in [1.165, 1.54) is 0 Å². The highest BCUT2D eigenvalue weighted by Gasteiger charge is 2.36. The summed E-state index contributed by atoms with van der Waals surface area (Å²) in [6.45, 7) is 13.5. The van der Waals surface area contributed by atoms with Crippen LogP contribution in [-0.2, 0) is 14.3 Å². The van der Waals surface area contributed by atoms with E-state index in [2.05, 4.69) is 0 Å². The van der Waals surface area contributed by atoms with Gasteiger partial charge in [0.1, 0.15) is 6.10 Å². The Hall–Kier alpha value is -1.06. The highest BCUT2D eigenvalue weighted by atomic mass is 16.5. The average molecular weight is 286 g/mol. The molecule has 0 saturated heterocycles. The molecule has 0 aromatic carbocycles. The molecule has 0 aromatic rings. The van der Waals surface area contributed by atoms with Gasteiger partial charge in [0.15, 0.2) is 0 Å². The van der Waals surface area contributed by atoms with Crippen molar-refractivity contribution in [2.45, 2.75) is 67.4 Å². The number of carboxylic acids is 1. The summed E-state index contributed by atoms with van der Waals surface area (Å²) in [5.41, 5.74) is -0.234. The topological polar surface area (TPSA) is 63.6 Å². The summed E-state index contributed by atoms with van der Waals surface area (Å²) < 4.78 is 5.64. The van der Waals surface area contributed by atoms with Crippen LogP contribution in [0, 0.1) is 23.2 Å². The van der Waals surface area contributed by atoms with Crippen LogP contribution in [0.15, 0.2) is 0 Å². The standard InChI is InChI=1S/C16H30O4/c1-10(2)13(20-15(19)11(3)4)16(6,7)9-8-12(5)14(17)18/h10-13H,8-9H2,1-7H3,(H,17,18). The molecule has 0 bridgehead atoms. The van der Waals surface area contributed by atoms with E-state index >= 15 is 0 Å². The second-order valence-electron chi connectivity index (χ2n) is 7.02. The minimum Gasteiger partial charge on any atom is -0.481 e. The number of hydrogen-bond acceptors (Lipinski definition) is 3. The van der Waals surface area contributed by atoms with Crippen LogP contribution in [-0.4, -0.2) is 23.1 Å². The lowest BCUT2D eigenvalue weighted by Gasteiger charge is -2.37. The Balaban J connectivity index is 4.79. The van der Waals surface area contributed by atoms with E-state index in [1.807, 2.05) is 41.5 Å². The van der Waals surface area contributed by atoms with Crippen LogP contribution in [0.25, 0.3) is 0 Å². The molecule has 118 valence electrons. The van der Waals surface area contributed by atoms with E-state index in [0.29, 0.717) is 12.8 Å². The molecular weight excluding hydrogens is 256 g/mol. The molecule has 0 amide bonds. The maximum absolute atomic E-state index is 11.8. The molecule has 2 unspecified atom stereocenters. The first-order valence-electron chi connectivity index (χ1n) is 7.42. The van der Waals surface area contributed by atoms with Crippen molar-refractivity contribution < 1.29 is 19.4 Å².